The van der Waals surface area contributed by atoms with Crippen LogP contribution in [-0.2, 0) is 4.79 Å². The number of benzene rings is 1. The van der Waals surface area contributed by atoms with Crippen molar-refractivity contribution in [2.45, 2.75) is 12.1 Å². The van der Waals surface area contributed by atoms with E-state index in [0.717, 1.165) is 16.8 Å². The molecule has 0 bridgehead atoms. The summed E-state index contributed by atoms with van der Waals surface area (Å²) in [6.45, 7) is 2.53. The highest BCUT2D eigenvalue weighted by molar-refractivity contribution is 7.99. The Morgan fingerprint density at radius 2 is 2.20 bits per heavy atom. The molecule has 25 heavy (non-hydrogen) atoms. The van der Waals surface area contributed by atoms with Gasteiger partial charge in [0.25, 0.3) is 0 Å². The second-order valence-corrected chi connectivity index (χ2v) is 6.78. The van der Waals surface area contributed by atoms with E-state index in [4.69, 9.17) is 27.9 Å². The van der Waals surface area contributed by atoms with Crippen molar-refractivity contribution in [3.63, 3.8) is 0 Å². The zero-order valence-electron chi connectivity index (χ0n) is 13.2. The molecule has 1 amide bonds. The summed E-state index contributed by atoms with van der Waals surface area (Å²) in [6.07, 6.45) is 1.42. The van der Waals surface area contributed by atoms with Crippen molar-refractivity contribution < 1.29 is 9.53 Å². The summed E-state index contributed by atoms with van der Waals surface area (Å²) in [5, 5.41) is 3.99. The second kappa shape index (κ2) is 7.95. The van der Waals surface area contributed by atoms with Crippen LogP contribution in [0.5, 0.6) is 5.75 Å². The Morgan fingerprint density at radius 1 is 1.36 bits per heavy atom. The van der Waals surface area contributed by atoms with E-state index < -0.39 is 0 Å². The van der Waals surface area contributed by atoms with Crippen LogP contribution in [0.3, 0.4) is 0 Å². The van der Waals surface area contributed by atoms with Crippen LogP contribution in [0.4, 0.5) is 5.82 Å². The lowest BCUT2D eigenvalue weighted by Crippen LogP contribution is -2.15. The first-order chi connectivity index (χ1) is 12.0. The Balaban J connectivity index is 1.62. The van der Waals surface area contributed by atoms with Crippen LogP contribution in [0.25, 0.3) is 11.0 Å². The van der Waals surface area contributed by atoms with Gasteiger partial charge in [0.2, 0.25) is 5.91 Å². The molecule has 0 spiro atoms. The minimum atomic E-state index is -0.239. The molecule has 130 valence electrons. The molecule has 2 aromatic heterocycles. The minimum Gasteiger partial charge on any atom is -0.494 e. The summed E-state index contributed by atoms with van der Waals surface area (Å²) in [7, 11) is 0. The molecule has 6 nitrogen and oxygen atoms in total. The van der Waals surface area contributed by atoms with E-state index in [1.54, 1.807) is 0 Å². The maximum Gasteiger partial charge on any atom is 0.236 e. The van der Waals surface area contributed by atoms with Crippen LogP contribution in [0.15, 0.2) is 35.6 Å². The smallest absolute Gasteiger partial charge is 0.236 e. The van der Waals surface area contributed by atoms with Crippen LogP contribution in [-0.4, -0.2) is 33.2 Å². The van der Waals surface area contributed by atoms with E-state index in [9.17, 15) is 4.79 Å². The van der Waals surface area contributed by atoms with Gasteiger partial charge in [-0.15, -0.1) is 0 Å². The third-order valence-electron chi connectivity index (χ3n) is 3.15. The Labute approximate surface area is 158 Å². The highest BCUT2D eigenvalue weighted by Gasteiger charge is 2.11. The van der Waals surface area contributed by atoms with Gasteiger partial charge in [-0.1, -0.05) is 35.0 Å². The number of nitrogens with zero attached hydrogens (tertiary/aromatic N) is 2. The summed E-state index contributed by atoms with van der Waals surface area (Å²) in [4.78, 5) is 23.6. The number of pyridine rings is 1. The number of nitrogens with one attached hydrogen (secondary N) is 2. The third kappa shape index (κ3) is 4.56. The van der Waals surface area contributed by atoms with Gasteiger partial charge in [-0.25, -0.2) is 9.97 Å². The summed E-state index contributed by atoms with van der Waals surface area (Å²) < 4.78 is 5.46. The molecule has 1 aromatic carbocycles. The van der Waals surface area contributed by atoms with E-state index in [1.807, 2.05) is 25.1 Å². The number of fused-ring (bicyclic) bond motifs is 1. The number of thioether (sulfide) groups is 1. The first kappa shape index (κ1) is 17.8. The molecule has 0 saturated heterocycles. The number of anilines is 1. The van der Waals surface area contributed by atoms with Gasteiger partial charge in [-0.05, 0) is 25.1 Å². The topological polar surface area (TPSA) is 79.9 Å². The number of carbonyl (C=O) groups is 1. The van der Waals surface area contributed by atoms with Crippen molar-refractivity contribution in [1.29, 1.82) is 0 Å². The highest BCUT2D eigenvalue weighted by Crippen LogP contribution is 2.25. The van der Waals surface area contributed by atoms with E-state index in [0.29, 0.717) is 16.8 Å². The van der Waals surface area contributed by atoms with E-state index in [-0.39, 0.29) is 22.5 Å². The van der Waals surface area contributed by atoms with Gasteiger partial charge in [0, 0.05) is 12.3 Å². The molecule has 0 unspecified atom stereocenters. The number of imidazole rings is 1. The monoisotopic (exact) mass is 396 g/mol. The van der Waals surface area contributed by atoms with Crippen molar-refractivity contribution in [2.75, 3.05) is 17.7 Å². The van der Waals surface area contributed by atoms with Gasteiger partial charge in [-0.2, -0.15) is 0 Å². The van der Waals surface area contributed by atoms with Crippen LogP contribution in [0.1, 0.15) is 6.92 Å². The quantitative estimate of drug-likeness (QED) is 0.603. The Bertz CT molecular complexity index is 916. The number of aromatic nitrogens is 3. The molecule has 0 aliphatic heterocycles. The van der Waals surface area contributed by atoms with Gasteiger partial charge < -0.3 is 15.0 Å². The summed E-state index contributed by atoms with van der Waals surface area (Å²) in [5.41, 5.74) is 1.67. The van der Waals surface area contributed by atoms with E-state index >= 15 is 0 Å². The number of amides is 1. The first-order valence-electron chi connectivity index (χ1n) is 7.41. The number of hydrogen-bond donors (Lipinski definition) is 2. The van der Waals surface area contributed by atoms with Crippen molar-refractivity contribution in [3.05, 3.63) is 40.5 Å². The minimum absolute atomic E-state index is 0.165. The zero-order chi connectivity index (χ0) is 17.8. The number of carbonyl (C=O) groups excluding carboxylic acids is 1. The maximum atomic E-state index is 12.1. The number of H-pyrrole nitrogens is 1. The summed E-state index contributed by atoms with van der Waals surface area (Å²) in [5.74, 6) is 0.981. The maximum absolute atomic E-state index is 12.1. The largest absolute Gasteiger partial charge is 0.494 e. The van der Waals surface area contributed by atoms with Gasteiger partial charge in [-0.3, -0.25) is 4.79 Å². The molecule has 3 rings (SSSR count). The molecule has 0 atom stereocenters. The fraction of sp³-hybridized carbons (Fsp3) is 0.188. The molecule has 0 radical (unpaired) electrons. The average molecular weight is 397 g/mol. The standard InChI is InChI=1S/C16H14Cl2N4O2S/c1-2-24-10-3-4-12-13(6-10)21-16(20-12)25-8-14(23)22-15-11(18)5-9(17)7-19-15/h3-7H,2,8H2,1H3,(H,20,21)(H,19,22,23). The van der Waals surface area contributed by atoms with Crippen LogP contribution in [0, 0.1) is 0 Å². The molecule has 0 aliphatic rings. The fourth-order valence-corrected chi connectivity index (χ4v) is 3.21. The predicted octanol–water partition coefficient (Wildman–Crippen LogP) is 4.39. The molecule has 3 aromatic rings. The van der Waals surface area contributed by atoms with Crippen molar-refractivity contribution in [2.24, 2.45) is 0 Å². The van der Waals surface area contributed by atoms with Gasteiger partial charge in [0.15, 0.2) is 11.0 Å². The van der Waals surface area contributed by atoms with Gasteiger partial charge in [0.05, 0.1) is 33.4 Å². The second-order valence-electron chi connectivity index (χ2n) is 4.97. The number of hydrogen-bond acceptors (Lipinski definition) is 5. The highest BCUT2D eigenvalue weighted by atomic mass is 35.5. The normalized spacial score (nSPS) is 10.8. The molecule has 2 heterocycles. The average Bonchev–Trinajstić information content (AvgIpc) is 2.98. The van der Waals surface area contributed by atoms with Crippen LogP contribution in [0.2, 0.25) is 10.0 Å². The van der Waals surface area contributed by atoms with Gasteiger partial charge >= 0.3 is 0 Å². The lowest BCUT2D eigenvalue weighted by Gasteiger charge is -2.05. The molecule has 0 aliphatic carbocycles. The van der Waals surface area contributed by atoms with Crippen LogP contribution < -0.4 is 10.1 Å². The number of aromatic amines is 1. The summed E-state index contributed by atoms with van der Waals surface area (Å²) >= 11 is 13.1. The molecule has 9 heteroatoms. The van der Waals surface area contributed by atoms with E-state index in [1.165, 1.54) is 24.0 Å². The molecular weight excluding hydrogens is 383 g/mol. The van der Waals surface area contributed by atoms with Crippen molar-refractivity contribution in [1.82, 2.24) is 15.0 Å². The van der Waals surface area contributed by atoms with Crippen molar-refractivity contribution in [3.8, 4) is 5.75 Å². The predicted molar refractivity (Wildman–Crippen MR) is 101 cm³/mol. The molecule has 2 N–H and O–H groups in total. The number of rotatable bonds is 6. The van der Waals surface area contributed by atoms with Crippen LogP contribution >= 0.6 is 35.0 Å². The van der Waals surface area contributed by atoms with Crippen molar-refractivity contribution >= 4 is 57.7 Å². The first-order valence-corrected chi connectivity index (χ1v) is 9.15. The lowest BCUT2D eigenvalue weighted by molar-refractivity contribution is -0.113. The van der Waals surface area contributed by atoms with E-state index in [2.05, 4.69) is 20.3 Å². The SMILES string of the molecule is CCOc1ccc2nc(SCC(=O)Nc3ncc(Cl)cc3Cl)[nH]c2c1. The summed E-state index contributed by atoms with van der Waals surface area (Å²) in [6, 6.07) is 7.14. The number of ether oxygens (including phenoxy) is 1. The Hall–Kier alpha value is -1.96. The third-order valence-corrected chi connectivity index (χ3v) is 4.52. The Kier molecular flexibility index (Phi) is 5.67. The Morgan fingerprint density at radius 3 is 2.96 bits per heavy atom. The van der Waals surface area contributed by atoms with Gasteiger partial charge in [0.1, 0.15) is 5.75 Å². The molecular formula is C16H14Cl2N4O2S. The molecule has 0 saturated carbocycles. The fourth-order valence-electron chi connectivity index (χ4n) is 2.10. The number of halogens is 2. The zero-order valence-corrected chi connectivity index (χ0v) is 15.5. The molecule has 0 fully saturated rings. The lowest BCUT2D eigenvalue weighted by atomic mass is 10.3.